The monoisotopic (exact) mass is 243 g/mol. The van der Waals surface area contributed by atoms with Crippen LogP contribution < -0.4 is 10.1 Å². The summed E-state index contributed by atoms with van der Waals surface area (Å²) in [6.07, 6.45) is 3.96. The summed E-state index contributed by atoms with van der Waals surface area (Å²) < 4.78 is 5.05. The molecule has 1 N–H and O–H groups in total. The first-order chi connectivity index (χ1) is 8.76. The van der Waals surface area contributed by atoms with Gasteiger partial charge in [0.25, 0.3) is 0 Å². The van der Waals surface area contributed by atoms with E-state index in [-0.39, 0.29) is 5.91 Å². The van der Waals surface area contributed by atoms with Crippen molar-refractivity contribution < 1.29 is 9.53 Å². The summed E-state index contributed by atoms with van der Waals surface area (Å²) in [4.78, 5) is 11.4. The van der Waals surface area contributed by atoms with E-state index in [9.17, 15) is 4.79 Å². The number of methoxy groups -OCH3 is 1. The van der Waals surface area contributed by atoms with Gasteiger partial charge in [-0.05, 0) is 30.7 Å². The van der Waals surface area contributed by atoms with E-state index in [1.165, 1.54) is 6.08 Å². The lowest BCUT2D eigenvalue weighted by Crippen LogP contribution is -2.21. The van der Waals surface area contributed by atoms with Crippen LogP contribution in [0.15, 0.2) is 30.3 Å². The highest BCUT2D eigenvalue weighted by atomic mass is 16.5. The van der Waals surface area contributed by atoms with Gasteiger partial charge in [-0.25, -0.2) is 0 Å². The zero-order chi connectivity index (χ0) is 13.2. The summed E-state index contributed by atoms with van der Waals surface area (Å²) in [5.41, 5.74) is 0.958. The van der Waals surface area contributed by atoms with Crippen molar-refractivity contribution >= 4 is 12.0 Å². The molecule has 0 spiro atoms. The number of carbonyl (C=O) groups excluding carboxylic acids is 1. The van der Waals surface area contributed by atoms with Gasteiger partial charge in [0, 0.05) is 19.0 Å². The van der Waals surface area contributed by atoms with Crippen LogP contribution in [0.25, 0.3) is 6.08 Å². The predicted molar refractivity (Wildman–Crippen MR) is 73.1 cm³/mol. The molecule has 1 amide bonds. The second-order valence-corrected chi connectivity index (χ2v) is 3.57. The van der Waals surface area contributed by atoms with Crippen LogP contribution in [-0.2, 0) is 4.79 Å². The first-order valence-electron chi connectivity index (χ1n) is 5.76. The van der Waals surface area contributed by atoms with Crippen LogP contribution in [0.1, 0.15) is 18.9 Å². The fourth-order valence-electron chi connectivity index (χ4n) is 1.32. The Labute approximate surface area is 108 Å². The van der Waals surface area contributed by atoms with E-state index in [2.05, 4.69) is 17.2 Å². The number of rotatable bonds is 5. The molecule has 0 aliphatic heterocycles. The van der Waals surface area contributed by atoms with E-state index in [0.717, 1.165) is 11.3 Å². The van der Waals surface area contributed by atoms with Crippen LogP contribution in [0.2, 0.25) is 0 Å². The summed E-state index contributed by atoms with van der Waals surface area (Å²) in [5.74, 6) is 6.36. The second kappa shape index (κ2) is 7.97. The Balaban J connectivity index is 2.41. The van der Waals surface area contributed by atoms with Crippen molar-refractivity contribution in [2.45, 2.75) is 13.3 Å². The lowest BCUT2D eigenvalue weighted by Gasteiger charge is -1.99. The van der Waals surface area contributed by atoms with Gasteiger partial charge in [0.2, 0.25) is 5.91 Å². The average molecular weight is 243 g/mol. The highest BCUT2D eigenvalue weighted by Crippen LogP contribution is 2.11. The Morgan fingerprint density at radius 1 is 1.39 bits per heavy atom. The van der Waals surface area contributed by atoms with Gasteiger partial charge in [-0.15, -0.1) is 11.8 Å². The molecule has 0 saturated carbocycles. The predicted octanol–water partition coefficient (Wildman–Crippen LogP) is 2.24. The summed E-state index contributed by atoms with van der Waals surface area (Å²) >= 11 is 0. The van der Waals surface area contributed by atoms with Crippen LogP contribution in [0, 0.1) is 11.8 Å². The molecule has 18 heavy (non-hydrogen) atoms. The first kappa shape index (κ1) is 13.9. The highest BCUT2D eigenvalue weighted by molar-refractivity contribution is 5.91. The number of benzene rings is 1. The van der Waals surface area contributed by atoms with Gasteiger partial charge in [0.15, 0.2) is 0 Å². The van der Waals surface area contributed by atoms with Gasteiger partial charge in [-0.1, -0.05) is 12.1 Å². The third-order valence-electron chi connectivity index (χ3n) is 2.27. The topological polar surface area (TPSA) is 38.3 Å². The maximum Gasteiger partial charge on any atom is 0.244 e. The molecule has 0 aliphatic carbocycles. The summed E-state index contributed by atoms with van der Waals surface area (Å²) in [7, 11) is 1.62. The second-order valence-electron chi connectivity index (χ2n) is 3.57. The molecule has 3 nitrogen and oxygen atoms in total. The maximum atomic E-state index is 11.4. The van der Waals surface area contributed by atoms with Crippen LogP contribution in [-0.4, -0.2) is 19.6 Å². The largest absolute Gasteiger partial charge is 0.497 e. The minimum atomic E-state index is -0.108. The molecular weight excluding hydrogens is 226 g/mol. The third kappa shape index (κ3) is 5.22. The molecule has 3 heteroatoms. The van der Waals surface area contributed by atoms with Crippen molar-refractivity contribution in [1.29, 1.82) is 0 Å². The minimum absolute atomic E-state index is 0.108. The molecule has 1 aromatic rings. The number of hydrogen-bond donors (Lipinski definition) is 1. The minimum Gasteiger partial charge on any atom is -0.497 e. The SMILES string of the molecule is CC#CCCNC(=O)/C=C/c1ccc(OC)cc1. The van der Waals surface area contributed by atoms with Crippen molar-refractivity contribution in [3.05, 3.63) is 35.9 Å². The van der Waals surface area contributed by atoms with E-state index in [1.54, 1.807) is 20.1 Å². The van der Waals surface area contributed by atoms with E-state index < -0.39 is 0 Å². The number of ether oxygens (including phenoxy) is 1. The maximum absolute atomic E-state index is 11.4. The molecule has 1 aromatic carbocycles. The molecule has 0 heterocycles. The molecule has 0 aliphatic rings. The van der Waals surface area contributed by atoms with Crippen molar-refractivity contribution in [3.63, 3.8) is 0 Å². The molecule has 0 radical (unpaired) electrons. The smallest absolute Gasteiger partial charge is 0.244 e. The zero-order valence-electron chi connectivity index (χ0n) is 10.7. The molecule has 0 aromatic heterocycles. The van der Waals surface area contributed by atoms with Crippen LogP contribution in [0.3, 0.4) is 0 Å². The van der Waals surface area contributed by atoms with Gasteiger partial charge in [0.1, 0.15) is 5.75 Å². The summed E-state index contributed by atoms with van der Waals surface area (Å²) in [6.45, 7) is 2.36. The number of nitrogens with one attached hydrogen (secondary N) is 1. The molecular formula is C15H17NO2. The Morgan fingerprint density at radius 2 is 2.11 bits per heavy atom. The fourth-order valence-corrected chi connectivity index (χ4v) is 1.32. The van der Waals surface area contributed by atoms with Gasteiger partial charge in [0.05, 0.1) is 7.11 Å². The van der Waals surface area contributed by atoms with E-state index in [0.29, 0.717) is 13.0 Å². The number of carbonyl (C=O) groups is 1. The van der Waals surface area contributed by atoms with Gasteiger partial charge < -0.3 is 10.1 Å². The molecule has 1 rings (SSSR count). The molecule has 0 atom stereocenters. The lowest BCUT2D eigenvalue weighted by molar-refractivity contribution is -0.116. The molecule has 0 fully saturated rings. The summed E-state index contributed by atoms with van der Waals surface area (Å²) in [5, 5.41) is 2.76. The Hall–Kier alpha value is -2.21. The molecule has 0 unspecified atom stereocenters. The first-order valence-corrected chi connectivity index (χ1v) is 5.76. The molecule has 0 bridgehead atoms. The lowest BCUT2D eigenvalue weighted by atomic mass is 10.2. The molecule has 0 saturated heterocycles. The van der Waals surface area contributed by atoms with Crippen LogP contribution in [0.5, 0.6) is 5.75 Å². The standard InChI is InChI=1S/C15H17NO2/c1-3-4-5-12-16-15(17)11-8-13-6-9-14(18-2)10-7-13/h6-11H,5,12H2,1-2H3,(H,16,17)/b11-8+. The van der Waals surface area contributed by atoms with Gasteiger partial charge in [-0.3, -0.25) is 4.79 Å². The average Bonchev–Trinajstić information content (AvgIpc) is 2.42. The van der Waals surface area contributed by atoms with Crippen LogP contribution >= 0.6 is 0 Å². The van der Waals surface area contributed by atoms with Crippen LogP contribution in [0.4, 0.5) is 0 Å². The van der Waals surface area contributed by atoms with E-state index >= 15 is 0 Å². The Kier molecular flexibility index (Phi) is 6.13. The van der Waals surface area contributed by atoms with Gasteiger partial charge in [-0.2, -0.15) is 0 Å². The Morgan fingerprint density at radius 3 is 2.72 bits per heavy atom. The van der Waals surface area contributed by atoms with Crippen molar-refractivity contribution in [2.24, 2.45) is 0 Å². The number of hydrogen-bond acceptors (Lipinski definition) is 2. The zero-order valence-corrected chi connectivity index (χ0v) is 10.7. The number of amides is 1. The molecule has 94 valence electrons. The summed E-state index contributed by atoms with van der Waals surface area (Å²) in [6, 6.07) is 7.50. The normalized spacial score (nSPS) is 9.67. The van der Waals surface area contributed by atoms with E-state index in [4.69, 9.17) is 4.74 Å². The quantitative estimate of drug-likeness (QED) is 0.489. The third-order valence-corrected chi connectivity index (χ3v) is 2.27. The van der Waals surface area contributed by atoms with Crippen molar-refractivity contribution in [2.75, 3.05) is 13.7 Å². The highest BCUT2D eigenvalue weighted by Gasteiger charge is 1.94. The Bertz CT molecular complexity index is 464. The van der Waals surface area contributed by atoms with Gasteiger partial charge >= 0.3 is 0 Å². The van der Waals surface area contributed by atoms with Crippen molar-refractivity contribution in [3.8, 4) is 17.6 Å². The van der Waals surface area contributed by atoms with Crippen molar-refractivity contribution in [1.82, 2.24) is 5.32 Å². The fraction of sp³-hybridized carbons (Fsp3) is 0.267. The van der Waals surface area contributed by atoms with E-state index in [1.807, 2.05) is 24.3 Å².